The summed E-state index contributed by atoms with van der Waals surface area (Å²) in [7, 11) is 0. The van der Waals surface area contributed by atoms with Gasteiger partial charge >= 0.3 is 5.97 Å². The van der Waals surface area contributed by atoms with Gasteiger partial charge in [0.15, 0.2) is 0 Å². The molecule has 0 aliphatic heterocycles. The maximum absolute atomic E-state index is 13.2. The third-order valence-corrected chi connectivity index (χ3v) is 11.7. The molecule has 0 aromatic rings. The lowest BCUT2D eigenvalue weighted by atomic mass is 10.0. The van der Waals surface area contributed by atoms with E-state index in [1.807, 2.05) is 12.2 Å². The van der Waals surface area contributed by atoms with Gasteiger partial charge in [0.25, 0.3) is 0 Å². The number of esters is 1. The summed E-state index contributed by atoms with van der Waals surface area (Å²) < 4.78 is 5.87. The molecule has 6 nitrogen and oxygen atoms in total. The largest absolute Gasteiger partial charge is 0.461 e. The van der Waals surface area contributed by atoms with E-state index in [1.165, 1.54) is 109 Å². The van der Waals surface area contributed by atoms with Crippen molar-refractivity contribution in [1.82, 2.24) is 5.32 Å². The SMILES string of the molecule is CC/C=C\C/C=C\C/C=C\C/C=C\C/C=C\CC(CC(=O)NC(CO)C(O)CCCCCCCCCCCCCCCCCC)OC(=O)CCCCCCCCC/C=C/C/C=C/CC. The minimum atomic E-state index is -0.817. The fraction of sp³-hybridized carbons (Fsp3) is 0.724. The van der Waals surface area contributed by atoms with Crippen LogP contribution in [0.2, 0.25) is 0 Å². The summed E-state index contributed by atoms with van der Waals surface area (Å²) in [5.74, 6) is -0.591. The Morgan fingerprint density at radius 2 is 0.875 bits per heavy atom. The average molecular weight is 892 g/mol. The van der Waals surface area contributed by atoms with Gasteiger partial charge in [-0.2, -0.15) is 0 Å². The normalized spacial score (nSPS) is 13.9. The number of nitrogens with one attached hydrogen (secondary N) is 1. The van der Waals surface area contributed by atoms with E-state index in [2.05, 4.69) is 99.0 Å². The fourth-order valence-corrected chi connectivity index (χ4v) is 7.73. The summed E-state index contributed by atoms with van der Waals surface area (Å²) in [6.45, 7) is 6.24. The van der Waals surface area contributed by atoms with Crippen molar-refractivity contribution in [3.8, 4) is 0 Å². The summed E-state index contributed by atoms with van der Waals surface area (Å²) in [5.41, 5.74) is 0. The van der Waals surface area contributed by atoms with Crippen molar-refractivity contribution in [1.29, 1.82) is 0 Å². The Kier molecular flexibility index (Phi) is 48.7. The van der Waals surface area contributed by atoms with E-state index >= 15 is 0 Å². The van der Waals surface area contributed by atoms with Crippen LogP contribution in [0.4, 0.5) is 0 Å². The van der Waals surface area contributed by atoms with E-state index in [-0.39, 0.29) is 24.9 Å². The molecule has 3 unspecified atom stereocenters. The Hall–Kier alpha value is -2.96. The molecule has 1 amide bonds. The van der Waals surface area contributed by atoms with Gasteiger partial charge in [-0.25, -0.2) is 0 Å². The first kappa shape index (κ1) is 61.0. The topological polar surface area (TPSA) is 95.9 Å². The van der Waals surface area contributed by atoms with Crippen LogP contribution in [0.5, 0.6) is 0 Å². The predicted octanol–water partition coefficient (Wildman–Crippen LogP) is 16.3. The van der Waals surface area contributed by atoms with Crippen molar-refractivity contribution >= 4 is 11.9 Å². The smallest absolute Gasteiger partial charge is 0.306 e. The van der Waals surface area contributed by atoms with Crippen LogP contribution >= 0.6 is 0 Å². The van der Waals surface area contributed by atoms with E-state index in [0.717, 1.165) is 89.9 Å². The van der Waals surface area contributed by atoms with E-state index in [9.17, 15) is 19.8 Å². The second-order valence-electron chi connectivity index (χ2n) is 17.9. The van der Waals surface area contributed by atoms with Crippen LogP contribution in [-0.4, -0.2) is 46.9 Å². The summed E-state index contributed by atoms with van der Waals surface area (Å²) in [6, 6.07) is -0.738. The maximum Gasteiger partial charge on any atom is 0.306 e. The number of ether oxygens (including phenoxy) is 1. The minimum Gasteiger partial charge on any atom is -0.461 e. The Labute approximate surface area is 395 Å². The number of rotatable bonds is 47. The van der Waals surface area contributed by atoms with Crippen LogP contribution in [0.1, 0.15) is 245 Å². The average Bonchev–Trinajstić information content (AvgIpc) is 3.29. The minimum absolute atomic E-state index is 0.00700. The number of unbranched alkanes of at least 4 members (excludes halogenated alkanes) is 22. The van der Waals surface area contributed by atoms with Gasteiger partial charge in [0.1, 0.15) is 6.10 Å². The zero-order chi connectivity index (χ0) is 46.7. The number of amides is 1. The molecule has 0 aromatic carbocycles. The number of carbonyl (C=O) groups is 2. The molecular weight excluding hydrogens is 791 g/mol. The van der Waals surface area contributed by atoms with Crippen molar-refractivity contribution in [3.63, 3.8) is 0 Å². The molecule has 0 aliphatic carbocycles. The highest BCUT2D eigenvalue weighted by Crippen LogP contribution is 2.17. The molecule has 0 radical (unpaired) electrons. The molecule has 6 heteroatoms. The Balaban J connectivity index is 4.68. The van der Waals surface area contributed by atoms with E-state index in [0.29, 0.717) is 19.3 Å². The molecule has 3 atom stereocenters. The van der Waals surface area contributed by atoms with Crippen LogP contribution in [0, 0.1) is 0 Å². The lowest BCUT2D eigenvalue weighted by Gasteiger charge is -2.24. The van der Waals surface area contributed by atoms with E-state index < -0.39 is 18.2 Å². The number of hydrogen-bond acceptors (Lipinski definition) is 5. The zero-order valence-electron chi connectivity index (χ0n) is 41.9. The van der Waals surface area contributed by atoms with Crippen molar-refractivity contribution in [3.05, 3.63) is 85.1 Å². The van der Waals surface area contributed by atoms with Gasteiger partial charge in [0, 0.05) is 12.8 Å². The highest BCUT2D eigenvalue weighted by atomic mass is 16.5. The van der Waals surface area contributed by atoms with Gasteiger partial charge in [-0.1, -0.05) is 241 Å². The third kappa shape index (κ3) is 45.6. The number of aliphatic hydroxyl groups excluding tert-OH is 2. The van der Waals surface area contributed by atoms with Gasteiger partial charge in [-0.3, -0.25) is 9.59 Å². The Morgan fingerprint density at radius 1 is 0.484 bits per heavy atom. The Morgan fingerprint density at radius 3 is 1.33 bits per heavy atom. The summed E-state index contributed by atoms with van der Waals surface area (Å²) in [6.07, 6.45) is 66.6. The van der Waals surface area contributed by atoms with Crippen LogP contribution in [0.25, 0.3) is 0 Å². The fourth-order valence-electron chi connectivity index (χ4n) is 7.73. The molecule has 0 aliphatic rings. The molecule has 0 heterocycles. The second kappa shape index (κ2) is 51.0. The molecular formula is C58H101NO5. The Bertz CT molecular complexity index is 1230. The zero-order valence-corrected chi connectivity index (χ0v) is 41.9. The van der Waals surface area contributed by atoms with Gasteiger partial charge in [0.05, 0.1) is 25.2 Å². The first-order valence-electron chi connectivity index (χ1n) is 26.8. The molecule has 0 bridgehead atoms. The van der Waals surface area contributed by atoms with Crippen molar-refractivity contribution in [2.24, 2.45) is 0 Å². The quantitative estimate of drug-likeness (QED) is 0.0321. The lowest BCUT2D eigenvalue weighted by Crippen LogP contribution is -2.46. The summed E-state index contributed by atoms with van der Waals surface area (Å²) >= 11 is 0. The molecule has 0 rings (SSSR count). The number of allylic oxidation sites excluding steroid dienone is 13. The van der Waals surface area contributed by atoms with Gasteiger partial charge < -0.3 is 20.3 Å². The van der Waals surface area contributed by atoms with Crippen molar-refractivity contribution in [2.45, 2.75) is 264 Å². The molecule has 64 heavy (non-hydrogen) atoms. The van der Waals surface area contributed by atoms with Crippen molar-refractivity contribution in [2.75, 3.05) is 6.61 Å². The molecule has 0 saturated heterocycles. The maximum atomic E-state index is 13.2. The monoisotopic (exact) mass is 892 g/mol. The summed E-state index contributed by atoms with van der Waals surface area (Å²) in [5, 5.41) is 23.8. The van der Waals surface area contributed by atoms with E-state index in [4.69, 9.17) is 4.74 Å². The number of hydrogen-bond donors (Lipinski definition) is 3. The van der Waals surface area contributed by atoms with Crippen LogP contribution in [-0.2, 0) is 14.3 Å². The predicted molar refractivity (Wildman–Crippen MR) is 278 cm³/mol. The van der Waals surface area contributed by atoms with Crippen LogP contribution in [0.15, 0.2) is 85.1 Å². The highest BCUT2D eigenvalue weighted by molar-refractivity contribution is 5.77. The first-order valence-corrected chi connectivity index (χ1v) is 26.8. The standard InChI is InChI=1S/C58H101NO5/c1-4-7-10-13-16-19-22-25-28-30-32-35-38-41-44-47-50-56(61)55(53-60)59-57(62)52-54(49-46-43-40-37-34-31-29-26-23-20-17-14-11-8-5-2)64-58(63)51-48-45-42-39-36-33-27-24-21-18-15-12-9-6-3/h8-9,11-12,17-18,20-21,26,29,34,37,43,46,54-56,60-61H,4-7,10,13-16,19,22-25,27-28,30-33,35-36,38-42,44-45,47-53H2,1-3H3,(H,59,62)/b11-8-,12-9+,20-17-,21-18+,29-26-,37-34-,46-43-. The van der Waals surface area contributed by atoms with Gasteiger partial charge in [0.2, 0.25) is 5.91 Å². The van der Waals surface area contributed by atoms with E-state index in [1.54, 1.807) is 0 Å². The van der Waals surface area contributed by atoms with Gasteiger partial charge in [-0.05, 0) is 70.6 Å². The summed E-state index contributed by atoms with van der Waals surface area (Å²) in [4.78, 5) is 26.1. The molecule has 0 aromatic heterocycles. The molecule has 3 N–H and O–H groups in total. The highest BCUT2D eigenvalue weighted by Gasteiger charge is 2.23. The van der Waals surface area contributed by atoms with Crippen molar-refractivity contribution < 1.29 is 24.5 Å². The lowest BCUT2D eigenvalue weighted by molar-refractivity contribution is -0.150. The molecule has 0 saturated carbocycles. The second-order valence-corrected chi connectivity index (χ2v) is 17.9. The number of carbonyl (C=O) groups excluding carboxylic acids is 2. The molecule has 0 spiro atoms. The van der Waals surface area contributed by atoms with Gasteiger partial charge in [-0.15, -0.1) is 0 Å². The van der Waals surface area contributed by atoms with Crippen LogP contribution in [0.3, 0.4) is 0 Å². The molecule has 368 valence electrons. The third-order valence-electron chi connectivity index (χ3n) is 11.7. The van der Waals surface area contributed by atoms with Crippen LogP contribution < -0.4 is 5.32 Å². The first-order chi connectivity index (χ1) is 31.5. The number of aliphatic hydroxyl groups is 2. The molecule has 0 fully saturated rings.